The van der Waals surface area contributed by atoms with E-state index in [9.17, 15) is 14.7 Å². The Bertz CT molecular complexity index is 1000. The van der Waals surface area contributed by atoms with Crippen molar-refractivity contribution in [2.45, 2.75) is 39.8 Å². The first-order valence-corrected chi connectivity index (χ1v) is 11.0. The fourth-order valence-corrected chi connectivity index (χ4v) is 4.67. The molecule has 0 aliphatic carbocycles. The number of rotatable bonds is 3. The van der Waals surface area contributed by atoms with Crippen LogP contribution in [-0.4, -0.2) is 64.2 Å². The third-order valence-electron chi connectivity index (χ3n) is 6.64. The van der Waals surface area contributed by atoms with Gasteiger partial charge in [-0.3, -0.25) is 9.78 Å². The molecule has 3 atom stereocenters. The van der Waals surface area contributed by atoms with Crippen LogP contribution in [0.4, 0.5) is 22.0 Å². The van der Waals surface area contributed by atoms with E-state index < -0.39 is 6.09 Å². The van der Waals surface area contributed by atoms with Crippen LogP contribution in [0.2, 0.25) is 0 Å². The van der Waals surface area contributed by atoms with Gasteiger partial charge in [-0.15, -0.1) is 0 Å². The third kappa shape index (κ3) is 4.06. The van der Waals surface area contributed by atoms with Crippen LogP contribution < -0.4 is 15.1 Å². The molecule has 170 valence electrons. The Labute approximate surface area is 188 Å². The topological polar surface area (TPSA) is 102 Å². The molecule has 2 amide bonds. The molecule has 0 spiro atoms. The summed E-state index contributed by atoms with van der Waals surface area (Å²) in [4.78, 5) is 38.1. The summed E-state index contributed by atoms with van der Waals surface area (Å²) in [6.07, 6.45) is 2.59. The number of carbonyl (C=O) groups excluding carboxylic acids is 1. The molecule has 2 N–H and O–H groups in total. The molecule has 4 rings (SSSR count). The average Bonchev–Trinajstić information content (AvgIpc) is 2.78. The molecule has 1 aromatic heterocycles. The van der Waals surface area contributed by atoms with Crippen molar-refractivity contribution in [3.63, 3.8) is 0 Å². The minimum atomic E-state index is -0.876. The lowest BCUT2D eigenvalue weighted by atomic mass is 9.82. The number of aryl methyl sites for hydroxylation is 1. The van der Waals surface area contributed by atoms with E-state index in [0.717, 1.165) is 22.6 Å². The van der Waals surface area contributed by atoms with Crippen LogP contribution in [0.5, 0.6) is 0 Å². The zero-order valence-corrected chi connectivity index (χ0v) is 18.9. The van der Waals surface area contributed by atoms with Crippen molar-refractivity contribution in [3.8, 4) is 0 Å². The van der Waals surface area contributed by atoms with Crippen molar-refractivity contribution in [3.05, 3.63) is 41.9 Å². The van der Waals surface area contributed by atoms with E-state index in [2.05, 4.69) is 40.1 Å². The zero-order chi connectivity index (χ0) is 23.0. The highest BCUT2D eigenvalue weighted by molar-refractivity contribution is 5.94. The standard InChI is InChI=1S/C23H30N6O3/c1-14-12-25-21(13-24-14)26-22-15(2)16(3)29(17(4)30)20-6-5-18(11-19(20)22)27-7-9-28(10-8-27)23(31)32/h5-6,11-13,15-16,22H,7-10H2,1-4H3,(H,25,26)(H,31,32)/t15-,16-,22+/m0/s1. The lowest BCUT2D eigenvalue weighted by molar-refractivity contribution is -0.117. The van der Waals surface area contributed by atoms with Gasteiger partial charge in [-0.1, -0.05) is 6.92 Å². The number of amides is 2. The van der Waals surface area contributed by atoms with Gasteiger partial charge >= 0.3 is 6.09 Å². The first-order chi connectivity index (χ1) is 15.3. The SMILES string of the molecule is CC(=O)N1c2ccc(N3CCN(C(=O)O)CC3)cc2[C@H](Nc2cnc(C)cn2)[C@@H](C)[C@@H]1C. The highest BCUT2D eigenvalue weighted by Crippen LogP contribution is 2.43. The van der Waals surface area contributed by atoms with E-state index in [4.69, 9.17) is 0 Å². The fourth-order valence-electron chi connectivity index (χ4n) is 4.67. The second-order valence-electron chi connectivity index (χ2n) is 8.65. The van der Waals surface area contributed by atoms with E-state index in [1.807, 2.05) is 24.0 Å². The lowest BCUT2D eigenvalue weighted by Gasteiger charge is -2.44. The first kappa shape index (κ1) is 21.9. The second-order valence-corrected chi connectivity index (χ2v) is 8.65. The van der Waals surface area contributed by atoms with Gasteiger partial charge < -0.3 is 25.1 Å². The predicted molar refractivity (Wildman–Crippen MR) is 123 cm³/mol. The molecule has 32 heavy (non-hydrogen) atoms. The van der Waals surface area contributed by atoms with Crippen molar-refractivity contribution in [1.29, 1.82) is 0 Å². The molecule has 9 nitrogen and oxygen atoms in total. The molecule has 0 unspecified atom stereocenters. The van der Waals surface area contributed by atoms with Crippen LogP contribution in [0.3, 0.4) is 0 Å². The Kier molecular flexibility index (Phi) is 5.90. The number of hydrogen-bond acceptors (Lipinski definition) is 6. The summed E-state index contributed by atoms with van der Waals surface area (Å²) in [5, 5.41) is 12.8. The van der Waals surface area contributed by atoms with Gasteiger partial charge in [0, 0.05) is 62.0 Å². The van der Waals surface area contributed by atoms with Crippen molar-refractivity contribution in [2.75, 3.05) is 41.3 Å². The number of hydrogen-bond donors (Lipinski definition) is 2. The van der Waals surface area contributed by atoms with Crippen LogP contribution in [-0.2, 0) is 4.79 Å². The Morgan fingerprint density at radius 2 is 1.81 bits per heavy atom. The molecule has 3 heterocycles. The Morgan fingerprint density at radius 1 is 1.09 bits per heavy atom. The van der Waals surface area contributed by atoms with Crippen LogP contribution in [0.1, 0.15) is 38.1 Å². The predicted octanol–water partition coefficient (Wildman–Crippen LogP) is 3.13. The summed E-state index contributed by atoms with van der Waals surface area (Å²) in [7, 11) is 0. The van der Waals surface area contributed by atoms with Crippen molar-refractivity contribution < 1.29 is 14.7 Å². The smallest absolute Gasteiger partial charge is 0.407 e. The molecule has 0 radical (unpaired) electrons. The number of carbonyl (C=O) groups is 2. The number of anilines is 3. The Balaban J connectivity index is 1.69. The molecule has 1 fully saturated rings. The maximum atomic E-state index is 12.5. The van der Waals surface area contributed by atoms with Crippen LogP contribution in [0.25, 0.3) is 0 Å². The number of piperazine rings is 1. The van der Waals surface area contributed by atoms with E-state index in [1.54, 1.807) is 19.3 Å². The number of benzene rings is 1. The van der Waals surface area contributed by atoms with Crippen LogP contribution >= 0.6 is 0 Å². The summed E-state index contributed by atoms with van der Waals surface area (Å²) in [5.74, 6) is 0.845. The van der Waals surface area contributed by atoms with Gasteiger partial charge in [0.2, 0.25) is 5.91 Å². The van der Waals surface area contributed by atoms with Gasteiger partial charge in [-0.05, 0) is 32.0 Å². The van der Waals surface area contributed by atoms with Gasteiger partial charge in [-0.25, -0.2) is 9.78 Å². The highest BCUT2D eigenvalue weighted by atomic mass is 16.4. The Hall–Kier alpha value is -3.36. The summed E-state index contributed by atoms with van der Waals surface area (Å²) in [5.41, 5.74) is 3.81. The van der Waals surface area contributed by atoms with Crippen molar-refractivity contribution in [1.82, 2.24) is 14.9 Å². The average molecular weight is 439 g/mol. The largest absolute Gasteiger partial charge is 0.465 e. The molecular formula is C23H30N6O3. The maximum Gasteiger partial charge on any atom is 0.407 e. The molecule has 2 aliphatic rings. The number of nitrogens with zero attached hydrogens (tertiary/aromatic N) is 5. The first-order valence-electron chi connectivity index (χ1n) is 11.0. The lowest BCUT2D eigenvalue weighted by Crippen LogP contribution is -2.49. The molecule has 1 aromatic carbocycles. The number of nitrogens with one attached hydrogen (secondary N) is 1. The highest BCUT2D eigenvalue weighted by Gasteiger charge is 2.38. The van der Waals surface area contributed by atoms with Gasteiger partial charge in [0.25, 0.3) is 0 Å². The normalized spacial score (nSPS) is 23.0. The molecule has 2 aromatic rings. The molecule has 0 saturated carbocycles. The Morgan fingerprint density at radius 3 is 2.41 bits per heavy atom. The van der Waals surface area contributed by atoms with E-state index in [0.29, 0.717) is 32.0 Å². The summed E-state index contributed by atoms with van der Waals surface area (Å²) >= 11 is 0. The molecule has 9 heteroatoms. The van der Waals surface area contributed by atoms with Crippen LogP contribution in [0, 0.1) is 12.8 Å². The number of carboxylic acid groups (broad SMARTS) is 1. The minimum Gasteiger partial charge on any atom is -0.465 e. The maximum absolute atomic E-state index is 12.5. The quantitative estimate of drug-likeness (QED) is 0.759. The van der Waals surface area contributed by atoms with Crippen molar-refractivity contribution >= 4 is 29.2 Å². The minimum absolute atomic E-state index is 0.0147. The summed E-state index contributed by atoms with van der Waals surface area (Å²) in [6, 6.07) is 6.13. The zero-order valence-electron chi connectivity index (χ0n) is 18.9. The summed E-state index contributed by atoms with van der Waals surface area (Å²) in [6.45, 7) is 9.93. The van der Waals surface area contributed by atoms with E-state index >= 15 is 0 Å². The van der Waals surface area contributed by atoms with E-state index in [-0.39, 0.29) is 23.9 Å². The number of aromatic nitrogens is 2. The third-order valence-corrected chi connectivity index (χ3v) is 6.64. The van der Waals surface area contributed by atoms with Gasteiger partial charge in [0.05, 0.1) is 24.1 Å². The molecule has 2 aliphatic heterocycles. The van der Waals surface area contributed by atoms with Crippen LogP contribution in [0.15, 0.2) is 30.6 Å². The molecular weight excluding hydrogens is 408 g/mol. The van der Waals surface area contributed by atoms with Gasteiger partial charge in [0.15, 0.2) is 0 Å². The van der Waals surface area contributed by atoms with Crippen molar-refractivity contribution in [2.24, 2.45) is 5.92 Å². The van der Waals surface area contributed by atoms with E-state index in [1.165, 1.54) is 4.90 Å². The molecule has 1 saturated heterocycles. The number of fused-ring (bicyclic) bond motifs is 1. The monoisotopic (exact) mass is 438 g/mol. The summed E-state index contributed by atoms with van der Waals surface area (Å²) < 4.78 is 0. The molecule has 0 bridgehead atoms. The fraction of sp³-hybridized carbons (Fsp3) is 0.478. The van der Waals surface area contributed by atoms with Gasteiger partial charge in [-0.2, -0.15) is 0 Å². The second kappa shape index (κ2) is 8.64. The van der Waals surface area contributed by atoms with Gasteiger partial charge in [0.1, 0.15) is 5.82 Å².